The van der Waals surface area contributed by atoms with Crippen LogP contribution in [0.3, 0.4) is 0 Å². The molecule has 0 aromatic carbocycles. The van der Waals surface area contributed by atoms with Crippen LogP contribution in [-0.4, -0.2) is 47.2 Å². The summed E-state index contributed by atoms with van der Waals surface area (Å²) < 4.78 is 5.82. The lowest BCUT2D eigenvalue weighted by Crippen LogP contribution is -2.49. The molecule has 2 fully saturated rings. The fourth-order valence-electron chi connectivity index (χ4n) is 3.45. The van der Waals surface area contributed by atoms with Crippen LogP contribution in [-0.2, 0) is 14.3 Å². The molecule has 0 aromatic heterocycles. The summed E-state index contributed by atoms with van der Waals surface area (Å²) in [4.78, 5) is 25.1. The second kappa shape index (κ2) is 7.25. The molecule has 0 bridgehead atoms. The van der Waals surface area contributed by atoms with Gasteiger partial charge in [-0.25, -0.2) is 0 Å². The lowest BCUT2D eigenvalue weighted by atomic mass is 9.88. The molecule has 2 aliphatic rings. The monoisotopic (exact) mass is 297 g/mol. The summed E-state index contributed by atoms with van der Waals surface area (Å²) in [5.41, 5.74) is 0. The van der Waals surface area contributed by atoms with E-state index in [1.807, 2.05) is 6.92 Å². The van der Waals surface area contributed by atoms with Gasteiger partial charge in [-0.3, -0.25) is 9.59 Å². The van der Waals surface area contributed by atoms with Crippen LogP contribution in [0.15, 0.2) is 0 Å². The molecule has 4 atom stereocenters. The van der Waals surface area contributed by atoms with Gasteiger partial charge in [-0.05, 0) is 38.5 Å². The standard InChI is InChI=1S/C16H27NO4/c1-11-5-3-4-6-14(11)21-10-15(18)17-9-13(16(19)20)8-7-12(17)2/h11-14H,3-10H2,1-2H3,(H,19,20). The first-order chi connectivity index (χ1) is 9.99. The molecular formula is C16H27NO4. The van der Waals surface area contributed by atoms with Gasteiger partial charge in [0.25, 0.3) is 0 Å². The number of rotatable bonds is 4. The van der Waals surface area contributed by atoms with Gasteiger partial charge in [0.05, 0.1) is 12.0 Å². The second-order valence-electron chi connectivity index (χ2n) is 6.62. The van der Waals surface area contributed by atoms with Gasteiger partial charge < -0.3 is 14.7 Å². The zero-order chi connectivity index (χ0) is 15.4. The third-order valence-electron chi connectivity index (χ3n) is 5.01. The number of hydrogen-bond acceptors (Lipinski definition) is 3. The Labute approximate surface area is 126 Å². The molecule has 2 rings (SSSR count). The van der Waals surface area contributed by atoms with Gasteiger partial charge in [-0.1, -0.05) is 19.8 Å². The van der Waals surface area contributed by atoms with Crippen molar-refractivity contribution in [1.29, 1.82) is 0 Å². The number of ether oxygens (including phenoxy) is 1. The van der Waals surface area contributed by atoms with E-state index >= 15 is 0 Å². The topological polar surface area (TPSA) is 66.8 Å². The van der Waals surface area contributed by atoms with Crippen molar-refractivity contribution in [2.24, 2.45) is 11.8 Å². The summed E-state index contributed by atoms with van der Waals surface area (Å²) in [6.45, 7) is 4.57. The molecular weight excluding hydrogens is 270 g/mol. The lowest BCUT2D eigenvalue weighted by Gasteiger charge is -2.37. The number of carbonyl (C=O) groups is 2. The van der Waals surface area contributed by atoms with Gasteiger partial charge in [-0.15, -0.1) is 0 Å². The zero-order valence-electron chi connectivity index (χ0n) is 13.1. The minimum atomic E-state index is -0.804. The van der Waals surface area contributed by atoms with E-state index < -0.39 is 11.9 Å². The number of piperidine rings is 1. The minimum Gasteiger partial charge on any atom is -0.481 e. The van der Waals surface area contributed by atoms with E-state index in [2.05, 4.69) is 6.92 Å². The fraction of sp³-hybridized carbons (Fsp3) is 0.875. The summed E-state index contributed by atoms with van der Waals surface area (Å²) in [7, 11) is 0. The van der Waals surface area contributed by atoms with E-state index in [-0.39, 0.29) is 24.7 Å². The molecule has 0 aromatic rings. The van der Waals surface area contributed by atoms with E-state index in [1.165, 1.54) is 19.3 Å². The van der Waals surface area contributed by atoms with E-state index in [4.69, 9.17) is 9.84 Å². The van der Waals surface area contributed by atoms with Crippen LogP contribution in [0.5, 0.6) is 0 Å². The van der Waals surface area contributed by atoms with E-state index in [1.54, 1.807) is 4.90 Å². The molecule has 1 saturated carbocycles. The highest BCUT2D eigenvalue weighted by Crippen LogP contribution is 2.27. The maximum absolute atomic E-state index is 12.3. The van der Waals surface area contributed by atoms with Crippen LogP contribution in [0.1, 0.15) is 52.4 Å². The number of likely N-dealkylation sites (tertiary alicyclic amines) is 1. The second-order valence-corrected chi connectivity index (χ2v) is 6.62. The van der Waals surface area contributed by atoms with Crippen molar-refractivity contribution < 1.29 is 19.4 Å². The highest BCUT2D eigenvalue weighted by Gasteiger charge is 2.33. The highest BCUT2D eigenvalue weighted by atomic mass is 16.5. The van der Waals surface area contributed by atoms with Gasteiger partial charge in [0, 0.05) is 12.6 Å². The van der Waals surface area contributed by atoms with Crippen molar-refractivity contribution in [2.45, 2.75) is 64.5 Å². The van der Waals surface area contributed by atoms with Gasteiger partial charge in [0.2, 0.25) is 5.91 Å². The number of amides is 1. The largest absolute Gasteiger partial charge is 0.481 e. The Morgan fingerprint density at radius 2 is 1.86 bits per heavy atom. The Kier molecular flexibility index (Phi) is 5.62. The molecule has 1 amide bonds. The van der Waals surface area contributed by atoms with E-state index in [9.17, 15) is 9.59 Å². The van der Waals surface area contributed by atoms with Crippen molar-refractivity contribution in [3.05, 3.63) is 0 Å². The van der Waals surface area contributed by atoms with Crippen molar-refractivity contribution in [1.82, 2.24) is 4.90 Å². The Balaban J connectivity index is 1.84. The molecule has 120 valence electrons. The third kappa shape index (κ3) is 4.19. The predicted molar refractivity (Wildman–Crippen MR) is 78.9 cm³/mol. The zero-order valence-corrected chi connectivity index (χ0v) is 13.1. The van der Waals surface area contributed by atoms with Crippen LogP contribution >= 0.6 is 0 Å². The van der Waals surface area contributed by atoms with Gasteiger partial charge >= 0.3 is 5.97 Å². The molecule has 1 aliphatic heterocycles. The molecule has 21 heavy (non-hydrogen) atoms. The summed E-state index contributed by atoms with van der Waals surface area (Å²) in [6.07, 6.45) is 6.20. The average Bonchev–Trinajstić information content (AvgIpc) is 2.46. The number of hydrogen-bond donors (Lipinski definition) is 1. The summed E-state index contributed by atoms with van der Waals surface area (Å²) >= 11 is 0. The van der Waals surface area contributed by atoms with Crippen molar-refractivity contribution in [3.63, 3.8) is 0 Å². The molecule has 1 heterocycles. The fourth-order valence-corrected chi connectivity index (χ4v) is 3.45. The number of nitrogens with zero attached hydrogens (tertiary/aromatic N) is 1. The minimum absolute atomic E-state index is 0.0637. The first-order valence-electron chi connectivity index (χ1n) is 8.13. The summed E-state index contributed by atoms with van der Waals surface area (Å²) in [5, 5.41) is 9.12. The number of carboxylic acid groups (broad SMARTS) is 1. The molecule has 1 aliphatic carbocycles. The quantitative estimate of drug-likeness (QED) is 0.864. The SMILES string of the molecule is CC1CCCCC1OCC(=O)N1CC(C(=O)O)CCC1C. The lowest BCUT2D eigenvalue weighted by molar-refractivity contribution is -0.150. The van der Waals surface area contributed by atoms with Gasteiger partial charge in [0.15, 0.2) is 0 Å². The maximum Gasteiger partial charge on any atom is 0.308 e. The van der Waals surface area contributed by atoms with Crippen LogP contribution in [0.25, 0.3) is 0 Å². The van der Waals surface area contributed by atoms with Gasteiger partial charge in [0.1, 0.15) is 6.61 Å². The predicted octanol–water partition coefficient (Wildman–Crippen LogP) is 2.29. The molecule has 1 N–H and O–H groups in total. The maximum atomic E-state index is 12.3. The van der Waals surface area contributed by atoms with E-state index in [0.29, 0.717) is 18.9 Å². The van der Waals surface area contributed by atoms with Crippen molar-refractivity contribution >= 4 is 11.9 Å². The molecule has 5 heteroatoms. The first kappa shape index (κ1) is 16.3. The summed E-state index contributed by atoms with van der Waals surface area (Å²) in [6, 6.07) is 0.112. The normalized spacial score (nSPS) is 33.7. The molecule has 1 saturated heterocycles. The highest BCUT2D eigenvalue weighted by molar-refractivity contribution is 5.79. The summed E-state index contributed by atoms with van der Waals surface area (Å²) in [5.74, 6) is -0.788. The van der Waals surface area contributed by atoms with Gasteiger partial charge in [-0.2, -0.15) is 0 Å². The molecule has 5 nitrogen and oxygen atoms in total. The van der Waals surface area contributed by atoms with Crippen molar-refractivity contribution in [2.75, 3.05) is 13.2 Å². The smallest absolute Gasteiger partial charge is 0.308 e. The van der Waals surface area contributed by atoms with Crippen LogP contribution in [0.2, 0.25) is 0 Å². The van der Waals surface area contributed by atoms with Crippen LogP contribution in [0.4, 0.5) is 0 Å². The average molecular weight is 297 g/mol. The Hall–Kier alpha value is -1.10. The molecule has 0 radical (unpaired) electrons. The van der Waals surface area contributed by atoms with Crippen molar-refractivity contribution in [3.8, 4) is 0 Å². The Bertz CT molecular complexity index is 384. The van der Waals surface area contributed by atoms with Crippen LogP contribution in [0, 0.1) is 11.8 Å². The number of carbonyl (C=O) groups excluding carboxylic acids is 1. The van der Waals surface area contributed by atoms with E-state index in [0.717, 1.165) is 12.8 Å². The molecule has 4 unspecified atom stereocenters. The number of carboxylic acids is 1. The first-order valence-corrected chi connectivity index (χ1v) is 8.13. The Morgan fingerprint density at radius 3 is 2.52 bits per heavy atom. The van der Waals surface area contributed by atoms with Crippen LogP contribution < -0.4 is 0 Å². The third-order valence-corrected chi connectivity index (χ3v) is 5.01. The molecule has 0 spiro atoms. The Morgan fingerprint density at radius 1 is 1.14 bits per heavy atom. The number of aliphatic carboxylic acids is 1.